The normalized spacial score (nSPS) is 25.8. The van der Waals surface area contributed by atoms with Crippen LogP contribution >= 0.6 is 27.7 Å². The molecular formula is C11H12BrFOS. The molecule has 1 saturated heterocycles. The van der Waals surface area contributed by atoms with Gasteiger partial charge in [0.2, 0.25) is 0 Å². The van der Waals surface area contributed by atoms with Crippen molar-refractivity contribution in [2.24, 2.45) is 5.92 Å². The fourth-order valence-corrected chi connectivity index (χ4v) is 3.47. The highest BCUT2D eigenvalue weighted by atomic mass is 79.9. The monoisotopic (exact) mass is 290 g/mol. The highest BCUT2D eigenvalue weighted by molar-refractivity contribution is 9.10. The molecule has 2 unspecified atom stereocenters. The Kier molecular flexibility index (Phi) is 3.69. The third-order valence-electron chi connectivity index (χ3n) is 2.65. The highest BCUT2D eigenvalue weighted by Crippen LogP contribution is 2.28. The predicted molar refractivity (Wildman–Crippen MR) is 64.6 cm³/mol. The van der Waals surface area contributed by atoms with E-state index in [-0.39, 0.29) is 11.9 Å². The molecular weight excluding hydrogens is 279 g/mol. The first-order chi connectivity index (χ1) is 7.16. The Labute approximate surface area is 101 Å². The van der Waals surface area contributed by atoms with Gasteiger partial charge in [-0.15, -0.1) is 0 Å². The molecule has 2 rings (SSSR count). The summed E-state index contributed by atoms with van der Waals surface area (Å²) < 4.78 is 13.5. The fraction of sp³-hybridized carbons (Fsp3) is 0.455. The van der Waals surface area contributed by atoms with Gasteiger partial charge in [-0.1, -0.05) is 6.07 Å². The van der Waals surface area contributed by atoms with E-state index in [0.29, 0.717) is 10.4 Å². The third-order valence-corrected chi connectivity index (χ3v) is 4.50. The molecule has 0 radical (unpaired) electrons. The first-order valence-corrected chi connectivity index (χ1v) is 6.81. The maximum Gasteiger partial charge on any atom is 0.137 e. The molecule has 1 aromatic carbocycles. The molecule has 1 aromatic rings. The van der Waals surface area contributed by atoms with Crippen molar-refractivity contribution in [3.05, 3.63) is 34.1 Å². The first-order valence-electron chi connectivity index (χ1n) is 4.86. The molecule has 0 aromatic heterocycles. The van der Waals surface area contributed by atoms with E-state index in [1.54, 1.807) is 23.9 Å². The Hall–Kier alpha value is -0.0600. The van der Waals surface area contributed by atoms with Crippen molar-refractivity contribution in [3.63, 3.8) is 0 Å². The van der Waals surface area contributed by atoms with Gasteiger partial charge in [0.05, 0.1) is 10.6 Å². The van der Waals surface area contributed by atoms with Gasteiger partial charge < -0.3 is 5.11 Å². The van der Waals surface area contributed by atoms with E-state index in [9.17, 15) is 9.50 Å². The average Bonchev–Trinajstić information content (AvgIpc) is 2.59. The summed E-state index contributed by atoms with van der Waals surface area (Å²) in [4.78, 5) is 0. The lowest BCUT2D eigenvalue weighted by Crippen LogP contribution is -2.19. The number of rotatable bonds is 2. The number of aliphatic hydroxyl groups is 1. The molecule has 4 heteroatoms. The molecule has 15 heavy (non-hydrogen) atoms. The van der Waals surface area contributed by atoms with Gasteiger partial charge in [0.15, 0.2) is 0 Å². The standard InChI is InChI=1S/C11H12BrFOS/c12-9-4-7(1-2-10(9)13)3-8-5-15-6-11(8)14/h1-2,4,8,11,14H,3,5-6H2. The van der Waals surface area contributed by atoms with E-state index in [1.165, 1.54) is 6.07 Å². The second-order valence-electron chi connectivity index (χ2n) is 3.82. The molecule has 0 saturated carbocycles. The predicted octanol–water partition coefficient (Wildman–Crippen LogP) is 2.85. The van der Waals surface area contributed by atoms with Crippen molar-refractivity contribution in [2.75, 3.05) is 11.5 Å². The topological polar surface area (TPSA) is 20.2 Å². The fourth-order valence-electron chi connectivity index (χ4n) is 1.75. The molecule has 82 valence electrons. The van der Waals surface area contributed by atoms with Gasteiger partial charge in [0.25, 0.3) is 0 Å². The van der Waals surface area contributed by atoms with Crippen LogP contribution in [0.5, 0.6) is 0 Å². The summed E-state index contributed by atoms with van der Waals surface area (Å²) in [5.41, 5.74) is 1.08. The van der Waals surface area contributed by atoms with Crippen molar-refractivity contribution in [3.8, 4) is 0 Å². The molecule has 1 nitrogen and oxygen atoms in total. The molecule has 1 heterocycles. The zero-order valence-corrected chi connectivity index (χ0v) is 10.5. The summed E-state index contributed by atoms with van der Waals surface area (Å²) in [6.45, 7) is 0. The molecule has 1 aliphatic heterocycles. The third kappa shape index (κ3) is 2.74. The molecule has 0 spiro atoms. The Morgan fingerprint density at radius 3 is 2.87 bits per heavy atom. The lowest BCUT2D eigenvalue weighted by Gasteiger charge is -2.13. The van der Waals surface area contributed by atoms with E-state index in [4.69, 9.17) is 0 Å². The zero-order valence-electron chi connectivity index (χ0n) is 8.12. The zero-order chi connectivity index (χ0) is 10.8. The lowest BCUT2D eigenvalue weighted by molar-refractivity contribution is 0.150. The van der Waals surface area contributed by atoms with Crippen molar-refractivity contribution in [2.45, 2.75) is 12.5 Å². The minimum Gasteiger partial charge on any atom is -0.392 e. The summed E-state index contributed by atoms with van der Waals surface area (Å²) in [7, 11) is 0. The van der Waals surface area contributed by atoms with E-state index in [0.717, 1.165) is 23.5 Å². The molecule has 1 N–H and O–H groups in total. The van der Waals surface area contributed by atoms with Crippen LogP contribution in [0, 0.1) is 11.7 Å². The van der Waals surface area contributed by atoms with Crippen LogP contribution in [0.1, 0.15) is 5.56 Å². The van der Waals surface area contributed by atoms with Crippen LogP contribution < -0.4 is 0 Å². The Balaban J connectivity index is 2.07. The van der Waals surface area contributed by atoms with E-state index in [1.807, 2.05) is 0 Å². The number of hydrogen-bond donors (Lipinski definition) is 1. The minimum atomic E-state index is -0.236. The van der Waals surface area contributed by atoms with Crippen LogP contribution in [0.3, 0.4) is 0 Å². The van der Waals surface area contributed by atoms with E-state index in [2.05, 4.69) is 15.9 Å². The summed E-state index contributed by atoms with van der Waals surface area (Å²) in [5.74, 6) is 1.90. The summed E-state index contributed by atoms with van der Waals surface area (Å²) in [5, 5.41) is 9.67. The number of halogens is 2. The maximum atomic E-state index is 13.0. The number of hydrogen-bond acceptors (Lipinski definition) is 2. The second kappa shape index (κ2) is 4.85. The van der Waals surface area contributed by atoms with Gasteiger partial charge in [0.1, 0.15) is 5.82 Å². The largest absolute Gasteiger partial charge is 0.392 e. The van der Waals surface area contributed by atoms with Gasteiger partial charge in [-0.2, -0.15) is 11.8 Å². The quantitative estimate of drug-likeness (QED) is 0.904. The van der Waals surface area contributed by atoms with Crippen LogP contribution in [-0.4, -0.2) is 22.7 Å². The van der Waals surface area contributed by atoms with Crippen LogP contribution in [0.4, 0.5) is 4.39 Å². The Morgan fingerprint density at radius 1 is 1.47 bits per heavy atom. The Bertz CT molecular complexity index is 358. The van der Waals surface area contributed by atoms with Gasteiger partial charge in [-0.25, -0.2) is 4.39 Å². The van der Waals surface area contributed by atoms with E-state index >= 15 is 0 Å². The smallest absolute Gasteiger partial charge is 0.137 e. The maximum absolute atomic E-state index is 13.0. The lowest BCUT2D eigenvalue weighted by atomic mass is 9.97. The summed E-state index contributed by atoms with van der Waals surface area (Å²) in [6.07, 6.45) is 0.617. The van der Waals surface area contributed by atoms with Crippen LogP contribution in [-0.2, 0) is 6.42 Å². The number of benzene rings is 1. The summed E-state index contributed by atoms with van der Waals surface area (Å²) in [6, 6.07) is 5.05. The molecule has 1 fully saturated rings. The van der Waals surface area contributed by atoms with Crippen molar-refractivity contribution in [1.29, 1.82) is 0 Å². The van der Waals surface area contributed by atoms with Crippen LogP contribution in [0.2, 0.25) is 0 Å². The van der Waals surface area contributed by atoms with Gasteiger partial charge in [-0.05, 0) is 51.7 Å². The molecule has 0 bridgehead atoms. The average molecular weight is 291 g/mol. The molecule has 0 aliphatic carbocycles. The first kappa shape index (κ1) is 11.4. The SMILES string of the molecule is OC1CSCC1Cc1ccc(F)c(Br)c1. The van der Waals surface area contributed by atoms with Crippen molar-refractivity contribution in [1.82, 2.24) is 0 Å². The van der Waals surface area contributed by atoms with Crippen LogP contribution in [0.25, 0.3) is 0 Å². The van der Waals surface area contributed by atoms with Crippen molar-refractivity contribution >= 4 is 27.7 Å². The minimum absolute atomic E-state index is 0.209. The molecule has 2 atom stereocenters. The molecule has 0 amide bonds. The second-order valence-corrected chi connectivity index (χ2v) is 5.75. The van der Waals surface area contributed by atoms with Gasteiger partial charge in [0, 0.05) is 5.75 Å². The summed E-state index contributed by atoms with van der Waals surface area (Å²) >= 11 is 4.95. The number of aliphatic hydroxyl groups excluding tert-OH is 1. The van der Waals surface area contributed by atoms with Crippen molar-refractivity contribution < 1.29 is 9.50 Å². The number of thioether (sulfide) groups is 1. The van der Waals surface area contributed by atoms with Gasteiger partial charge in [-0.3, -0.25) is 0 Å². The molecule has 1 aliphatic rings. The highest BCUT2D eigenvalue weighted by Gasteiger charge is 2.25. The van der Waals surface area contributed by atoms with Gasteiger partial charge >= 0.3 is 0 Å². The van der Waals surface area contributed by atoms with Crippen LogP contribution in [0.15, 0.2) is 22.7 Å². The van der Waals surface area contributed by atoms with E-state index < -0.39 is 0 Å². The Morgan fingerprint density at radius 2 is 2.27 bits per heavy atom.